The van der Waals surface area contributed by atoms with Gasteiger partial charge in [0.05, 0.1) is 10.4 Å². The van der Waals surface area contributed by atoms with Crippen molar-refractivity contribution < 1.29 is 27.5 Å². The van der Waals surface area contributed by atoms with Crippen LogP contribution < -0.4 is 16.4 Å². The lowest BCUT2D eigenvalue weighted by molar-refractivity contribution is -0.192. The summed E-state index contributed by atoms with van der Waals surface area (Å²) in [5.41, 5.74) is 13.5. The second-order valence-corrected chi connectivity index (χ2v) is 7.09. The Balaban J connectivity index is 0.000000298. The number of hydrogen-bond donors (Lipinski definition) is 3. The maximum atomic E-state index is 10.6. The summed E-state index contributed by atoms with van der Waals surface area (Å²) < 4.78 is 37.7. The average molecular weight is 452 g/mol. The molecule has 156 valence electrons. The third kappa shape index (κ3) is 4.41. The highest BCUT2D eigenvalue weighted by molar-refractivity contribution is 6.39. The molecule has 1 aromatic carbocycles. The lowest BCUT2D eigenvalue weighted by atomic mass is 10.2. The number of carbonyl (C=O) groups is 1. The number of aliphatic carboxylic acids is 1. The van der Waals surface area contributed by atoms with E-state index in [0.29, 0.717) is 39.1 Å². The van der Waals surface area contributed by atoms with Gasteiger partial charge in [-0.3, -0.25) is 0 Å². The summed E-state index contributed by atoms with van der Waals surface area (Å²) in [4.78, 5) is 19.6. The van der Waals surface area contributed by atoms with Crippen LogP contribution in [0.2, 0.25) is 10.0 Å². The number of nitrogens with two attached hydrogens (primary N) is 2. The number of hydrogen-bond acceptors (Lipinski definition) is 7. The van der Waals surface area contributed by atoms with Gasteiger partial charge in [-0.05, 0) is 18.6 Å². The SMILES string of the molecule is Nc1nc(N2CCC(N)C2)c2oc3c(Cl)cc(Cl)cc3c2n1.O=C(O)C(F)(F)F. The summed E-state index contributed by atoms with van der Waals surface area (Å²) in [7, 11) is 0. The van der Waals surface area contributed by atoms with Crippen LogP contribution in [0, 0.1) is 0 Å². The number of anilines is 2. The van der Waals surface area contributed by atoms with E-state index in [9.17, 15) is 13.2 Å². The molecule has 4 rings (SSSR count). The van der Waals surface area contributed by atoms with Gasteiger partial charge < -0.3 is 25.9 Å². The van der Waals surface area contributed by atoms with Crippen molar-refractivity contribution >= 4 is 63.0 Å². The van der Waals surface area contributed by atoms with Gasteiger partial charge in [0.15, 0.2) is 17.0 Å². The number of nitrogens with zero attached hydrogens (tertiary/aromatic N) is 3. The number of fused-ring (bicyclic) bond motifs is 3. The lowest BCUT2D eigenvalue weighted by Crippen LogP contribution is -2.27. The number of furan rings is 1. The van der Waals surface area contributed by atoms with Crippen LogP contribution in [0.5, 0.6) is 0 Å². The third-order valence-electron chi connectivity index (χ3n) is 4.10. The van der Waals surface area contributed by atoms with Gasteiger partial charge in [-0.2, -0.15) is 18.2 Å². The molecule has 1 aliphatic heterocycles. The minimum atomic E-state index is -5.08. The normalized spacial score (nSPS) is 16.9. The molecule has 29 heavy (non-hydrogen) atoms. The molecule has 8 nitrogen and oxygen atoms in total. The molecule has 0 bridgehead atoms. The van der Waals surface area contributed by atoms with Crippen molar-refractivity contribution in [1.29, 1.82) is 0 Å². The fourth-order valence-electron chi connectivity index (χ4n) is 2.87. The maximum Gasteiger partial charge on any atom is 0.490 e. The lowest BCUT2D eigenvalue weighted by Gasteiger charge is -2.16. The number of alkyl halides is 3. The second kappa shape index (κ2) is 7.73. The van der Waals surface area contributed by atoms with Crippen molar-refractivity contribution in [3.05, 3.63) is 22.2 Å². The van der Waals surface area contributed by atoms with Gasteiger partial charge in [0.1, 0.15) is 5.52 Å². The Hall–Kier alpha value is -2.50. The number of carboxylic acid groups (broad SMARTS) is 1. The molecule has 1 saturated heterocycles. The predicted molar refractivity (Wildman–Crippen MR) is 102 cm³/mol. The maximum absolute atomic E-state index is 10.6. The van der Waals surface area contributed by atoms with Crippen molar-refractivity contribution in [2.24, 2.45) is 5.73 Å². The van der Waals surface area contributed by atoms with Crippen LogP contribution in [0.3, 0.4) is 0 Å². The number of aromatic nitrogens is 2. The van der Waals surface area contributed by atoms with Crippen LogP contribution in [0.25, 0.3) is 22.1 Å². The van der Waals surface area contributed by atoms with E-state index in [1.165, 1.54) is 0 Å². The van der Waals surface area contributed by atoms with E-state index in [-0.39, 0.29) is 12.0 Å². The number of benzene rings is 1. The molecular formula is C16H14Cl2F3N5O3. The van der Waals surface area contributed by atoms with Crippen molar-refractivity contribution in [2.45, 2.75) is 18.6 Å². The van der Waals surface area contributed by atoms with Gasteiger partial charge in [0.25, 0.3) is 0 Å². The smallest absolute Gasteiger partial charge is 0.475 e. The molecule has 0 amide bonds. The van der Waals surface area contributed by atoms with Gasteiger partial charge >= 0.3 is 12.1 Å². The van der Waals surface area contributed by atoms with Gasteiger partial charge in [-0.1, -0.05) is 23.2 Å². The minimum absolute atomic E-state index is 0.119. The molecule has 1 atom stereocenters. The molecule has 2 aromatic heterocycles. The Morgan fingerprint density at radius 2 is 1.93 bits per heavy atom. The van der Waals surface area contributed by atoms with E-state index in [0.717, 1.165) is 18.4 Å². The Morgan fingerprint density at radius 1 is 1.28 bits per heavy atom. The highest BCUT2D eigenvalue weighted by Crippen LogP contribution is 2.38. The zero-order chi connectivity index (χ0) is 21.5. The zero-order valence-corrected chi connectivity index (χ0v) is 16.0. The topological polar surface area (TPSA) is 132 Å². The highest BCUT2D eigenvalue weighted by atomic mass is 35.5. The zero-order valence-electron chi connectivity index (χ0n) is 14.5. The molecule has 0 saturated carbocycles. The molecule has 1 aliphatic rings. The number of carboxylic acids is 1. The summed E-state index contributed by atoms with van der Waals surface area (Å²) in [5.74, 6) is -1.92. The Kier molecular flexibility index (Phi) is 5.65. The molecular weight excluding hydrogens is 438 g/mol. The van der Waals surface area contributed by atoms with E-state index in [1.54, 1.807) is 12.1 Å². The van der Waals surface area contributed by atoms with Crippen molar-refractivity contribution in [2.75, 3.05) is 23.7 Å². The van der Waals surface area contributed by atoms with E-state index in [4.69, 9.17) is 49.0 Å². The van der Waals surface area contributed by atoms with Crippen molar-refractivity contribution in [3.8, 4) is 0 Å². The standard InChI is InChI=1S/C14H13Cl2N5O.C2HF3O2/c15-6-3-8-10-12(22-11(8)9(16)4-6)13(20-14(18)19-10)21-2-1-7(17)5-21;3-2(4,5)1(6)7/h3-4,7H,1-2,5,17H2,(H2,18,19,20);(H,6,7). The molecule has 1 fully saturated rings. The second-order valence-electron chi connectivity index (χ2n) is 6.25. The van der Waals surface area contributed by atoms with Gasteiger partial charge in [0, 0.05) is 24.2 Å². The first-order valence-electron chi connectivity index (χ1n) is 8.12. The van der Waals surface area contributed by atoms with Gasteiger partial charge in [-0.25, -0.2) is 9.78 Å². The summed E-state index contributed by atoms with van der Waals surface area (Å²) in [5, 5.41) is 8.80. The average Bonchev–Trinajstić information content (AvgIpc) is 3.18. The summed E-state index contributed by atoms with van der Waals surface area (Å²) >= 11 is 12.3. The van der Waals surface area contributed by atoms with E-state index >= 15 is 0 Å². The summed E-state index contributed by atoms with van der Waals surface area (Å²) in [6, 6.07) is 3.52. The van der Waals surface area contributed by atoms with Crippen molar-refractivity contribution in [1.82, 2.24) is 9.97 Å². The molecule has 13 heteroatoms. The third-order valence-corrected chi connectivity index (χ3v) is 4.60. The Morgan fingerprint density at radius 3 is 2.48 bits per heavy atom. The quantitative estimate of drug-likeness (QED) is 0.512. The minimum Gasteiger partial charge on any atom is -0.475 e. The first-order chi connectivity index (χ1) is 13.5. The summed E-state index contributed by atoms with van der Waals surface area (Å²) in [6.45, 7) is 1.51. The molecule has 0 spiro atoms. The van der Waals surface area contributed by atoms with Crippen LogP contribution >= 0.6 is 23.2 Å². The Labute approximate surface area is 171 Å². The number of nitrogen functional groups attached to an aromatic ring is 1. The van der Waals surface area contributed by atoms with Crippen LogP contribution in [0.1, 0.15) is 6.42 Å². The predicted octanol–water partition coefficient (Wildman–Crippen LogP) is 3.44. The van der Waals surface area contributed by atoms with E-state index in [1.807, 2.05) is 0 Å². The van der Waals surface area contributed by atoms with Crippen LogP contribution in [0.4, 0.5) is 24.9 Å². The Bertz CT molecular complexity index is 1090. The number of halogens is 5. The van der Waals surface area contributed by atoms with E-state index in [2.05, 4.69) is 14.9 Å². The molecule has 0 radical (unpaired) electrons. The van der Waals surface area contributed by atoms with Crippen LogP contribution in [-0.4, -0.2) is 46.4 Å². The van der Waals surface area contributed by atoms with Gasteiger partial charge in [-0.15, -0.1) is 0 Å². The molecule has 3 heterocycles. The first kappa shape index (κ1) is 21.2. The summed E-state index contributed by atoms with van der Waals surface area (Å²) in [6.07, 6.45) is -4.18. The number of rotatable bonds is 1. The van der Waals surface area contributed by atoms with Crippen LogP contribution in [0.15, 0.2) is 16.5 Å². The van der Waals surface area contributed by atoms with Crippen molar-refractivity contribution in [3.63, 3.8) is 0 Å². The van der Waals surface area contributed by atoms with E-state index < -0.39 is 12.1 Å². The molecule has 1 unspecified atom stereocenters. The molecule has 0 aliphatic carbocycles. The first-order valence-corrected chi connectivity index (χ1v) is 8.88. The highest BCUT2D eigenvalue weighted by Gasteiger charge is 2.38. The van der Waals surface area contributed by atoms with Crippen LogP contribution in [-0.2, 0) is 4.79 Å². The fourth-order valence-corrected chi connectivity index (χ4v) is 3.40. The molecule has 5 N–H and O–H groups in total. The largest absolute Gasteiger partial charge is 0.490 e. The monoisotopic (exact) mass is 451 g/mol. The fraction of sp³-hybridized carbons (Fsp3) is 0.312. The molecule has 3 aromatic rings. The van der Waals surface area contributed by atoms with Gasteiger partial charge in [0.2, 0.25) is 5.95 Å².